The van der Waals surface area contributed by atoms with Gasteiger partial charge in [0.1, 0.15) is 0 Å². The quantitative estimate of drug-likeness (QED) is 0.811. The number of amides is 1. The maximum Gasteiger partial charge on any atom is 0.231 e. The molecule has 3 aliphatic heterocycles. The third-order valence-electron chi connectivity index (χ3n) is 4.56. The van der Waals surface area contributed by atoms with Gasteiger partial charge in [-0.2, -0.15) is 0 Å². The molecule has 1 saturated heterocycles. The first-order valence-corrected chi connectivity index (χ1v) is 7.00. The Morgan fingerprint density at radius 1 is 1.28 bits per heavy atom. The van der Waals surface area contributed by atoms with Gasteiger partial charge in [-0.25, -0.2) is 0 Å². The van der Waals surface area contributed by atoms with E-state index in [0.717, 1.165) is 32.5 Å². The van der Waals surface area contributed by atoms with E-state index in [1.807, 2.05) is 4.90 Å². The van der Waals surface area contributed by atoms with E-state index in [-0.39, 0.29) is 0 Å². The van der Waals surface area contributed by atoms with E-state index >= 15 is 0 Å². The van der Waals surface area contributed by atoms with Gasteiger partial charge in [0, 0.05) is 13.1 Å². The molecule has 0 saturated carbocycles. The molecule has 1 atom stereocenters. The molecule has 1 fully saturated rings. The van der Waals surface area contributed by atoms with Gasteiger partial charge < -0.3 is 10.2 Å². The normalized spacial score (nSPS) is 25.7. The smallest absolute Gasteiger partial charge is 0.231 e. The molecule has 1 unspecified atom stereocenters. The summed E-state index contributed by atoms with van der Waals surface area (Å²) in [5.74, 6) is 0.949. The number of benzene rings is 1. The van der Waals surface area contributed by atoms with Gasteiger partial charge in [0.2, 0.25) is 5.91 Å². The first-order chi connectivity index (χ1) is 8.83. The van der Waals surface area contributed by atoms with Crippen LogP contribution < -0.4 is 10.2 Å². The summed E-state index contributed by atoms with van der Waals surface area (Å²) in [6.45, 7) is 3.14. The second-order valence-corrected chi connectivity index (χ2v) is 5.70. The number of aryl methyl sites for hydroxylation is 1. The molecule has 1 aromatic carbocycles. The number of nitrogens with one attached hydrogen (secondary N) is 1. The molecule has 0 spiro atoms. The lowest BCUT2D eigenvalue weighted by Crippen LogP contribution is -2.31. The second-order valence-electron chi connectivity index (χ2n) is 5.70. The number of anilines is 1. The standard InChI is InChI=1S/C15H18N2O/c18-14-8-13-7-12(11-3-4-16-9-11)6-10-2-1-5-17(14)15(10)13/h6-7,11,16H,1-5,8-9H2. The van der Waals surface area contributed by atoms with Crippen LogP contribution in [-0.4, -0.2) is 25.5 Å². The fourth-order valence-corrected chi connectivity index (χ4v) is 3.68. The first-order valence-electron chi connectivity index (χ1n) is 7.00. The lowest BCUT2D eigenvalue weighted by Gasteiger charge is -2.26. The molecule has 3 heteroatoms. The Kier molecular flexibility index (Phi) is 2.24. The van der Waals surface area contributed by atoms with Crippen molar-refractivity contribution in [1.82, 2.24) is 5.32 Å². The van der Waals surface area contributed by atoms with E-state index in [2.05, 4.69) is 17.4 Å². The fraction of sp³-hybridized carbons (Fsp3) is 0.533. The van der Waals surface area contributed by atoms with Crippen LogP contribution in [0.15, 0.2) is 12.1 Å². The summed E-state index contributed by atoms with van der Waals surface area (Å²) in [7, 11) is 0. The Morgan fingerprint density at radius 3 is 3.00 bits per heavy atom. The van der Waals surface area contributed by atoms with E-state index in [0.29, 0.717) is 18.2 Å². The zero-order valence-corrected chi connectivity index (χ0v) is 10.5. The van der Waals surface area contributed by atoms with Gasteiger partial charge >= 0.3 is 0 Å². The minimum atomic E-state index is 0.299. The number of hydrogen-bond donors (Lipinski definition) is 1. The summed E-state index contributed by atoms with van der Waals surface area (Å²) in [5, 5.41) is 3.43. The van der Waals surface area contributed by atoms with Crippen LogP contribution in [0.1, 0.15) is 35.4 Å². The number of carbonyl (C=O) groups excluding carboxylic acids is 1. The van der Waals surface area contributed by atoms with Gasteiger partial charge in [0.05, 0.1) is 12.1 Å². The molecular weight excluding hydrogens is 224 g/mol. The summed E-state index contributed by atoms with van der Waals surface area (Å²) in [6.07, 6.45) is 4.11. The zero-order chi connectivity index (χ0) is 12.1. The maximum atomic E-state index is 12.0. The van der Waals surface area contributed by atoms with E-state index in [1.54, 1.807) is 0 Å². The van der Waals surface area contributed by atoms with Crippen LogP contribution >= 0.6 is 0 Å². The summed E-state index contributed by atoms with van der Waals surface area (Å²) in [6, 6.07) is 4.65. The SMILES string of the molecule is O=C1Cc2cc(C3CCNC3)cc3c2N1CCC3. The van der Waals surface area contributed by atoms with Crippen molar-refractivity contribution < 1.29 is 4.79 Å². The lowest BCUT2D eigenvalue weighted by atomic mass is 9.90. The summed E-state index contributed by atoms with van der Waals surface area (Å²) in [5.41, 5.74) is 5.39. The highest BCUT2D eigenvalue weighted by molar-refractivity contribution is 6.02. The van der Waals surface area contributed by atoms with Crippen LogP contribution in [0.5, 0.6) is 0 Å². The summed E-state index contributed by atoms with van der Waals surface area (Å²) < 4.78 is 0. The third-order valence-corrected chi connectivity index (χ3v) is 4.56. The van der Waals surface area contributed by atoms with Crippen molar-refractivity contribution in [2.75, 3.05) is 24.5 Å². The second kappa shape index (κ2) is 3.82. The van der Waals surface area contributed by atoms with Gasteiger partial charge in [-0.1, -0.05) is 12.1 Å². The molecule has 0 bridgehead atoms. The molecule has 18 heavy (non-hydrogen) atoms. The summed E-state index contributed by atoms with van der Waals surface area (Å²) >= 11 is 0. The Morgan fingerprint density at radius 2 is 2.17 bits per heavy atom. The highest BCUT2D eigenvalue weighted by Gasteiger charge is 2.33. The highest BCUT2D eigenvalue weighted by atomic mass is 16.2. The van der Waals surface area contributed by atoms with Crippen molar-refractivity contribution in [3.05, 3.63) is 28.8 Å². The van der Waals surface area contributed by atoms with Crippen molar-refractivity contribution in [1.29, 1.82) is 0 Å². The van der Waals surface area contributed by atoms with Crippen molar-refractivity contribution in [2.45, 2.75) is 31.6 Å². The Balaban J connectivity index is 1.81. The predicted molar refractivity (Wildman–Crippen MR) is 71.0 cm³/mol. The Labute approximate surface area is 107 Å². The predicted octanol–water partition coefficient (Wildman–Crippen LogP) is 1.60. The maximum absolute atomic E-state index is 12.0. The molecule has 0 aromatic heterocycles. The van der Waals surface area contributed by atoms with Crippen molar-refractivity contribution >= 4 is 11.6 Å². The molecule has 4 rings (SSSR count). The zero-order valence-electron chi connectivity index (χ0n) is 10.5. The van der Waals surface area contributed by atoms with Crippen LogP contribution in [-0.2, 0) is 17.6 Å². The fourth-order valence-electron chi connectivity index (χ4n) is 3.68. The van der Waals surface area contributed by atoms with Crippen molar-refractivity contribution in [3.63, 3.8) is 0 Å². The van der Waals surface area contributed by atoms with E-state index < -0.39 is 0 Å². The van der Waals surface area contributed by atoms with Crippen LogP contribution in [0.3, 0.4) is 0 Å². The molecule has 3 aliphatic rings. The molecule has 0 radical (unpaired) electrons. The molecule has 0 aliphatic carbocycles. The largest absolute Gasteiger partial charge is 0.316 e. The number of rotatable bonds is 1. The highest BCUT2D eigenvalue weighted by Crippen LogP contribution is 2.39. The van der Waals surface area contributed by atoms with E-state index in [1.165, 1.54) is 28.8 Å². The van der Waals surface area contributed by atoms with Crippen LogP contribution in [0.25, 0.3) is 0 Å². The first kappa shape index (κ1) is 10.6. The average molecular weight is 242 g/mol. The monoisotopic (exact) mass is 242 g/mol. The van der Waals surface area contributed by atoms with Crippen LogP contribution in [0, 0.1) is 0 Å². The lowest BCUT2D eigenvalue weighted by molar-refractivity contribution is -0.117. The molecule has 1 N–H and O–H groups in total. The Hall–Kier alpha value is -1.35. The van der Waals surface area contributed by atoms with Gasteiger partial charge in [-0.3, -0.25) is 4.79 Å². The van der Waals surface area contributed by atoms with Gasteiger partial charge in [-0.15, -0.1) is 0 Å². The minimum absolute atomic E-state index is 0.299. The molecule has 3 heterocycles. The average Bonchev–Trinajstić information content (AvgIpc) is 3.00. The number of carbonyl (C=O) groups is 1. The van der Waals surface area contributed by atoms with Crippen LogP contribution in [0.4, 0.5) is 5.69 Å². The molecule has 94 valence electrons. The molecule has 3 nitrogen and oxygen atoms in total. The summed E-state index contributed by atoms with van der Waals surface area (Å²) in [4.78, 5) is 14.0. The van der Waals surface area contributed by atoms with E-state index in [9.17, 15) is 4.79 Å². The van der Waals surface area contributed by atoms with Gasteiger partial charge in [-0.05, 0) is 48.4 Å². The van der Waals surface area contributed by atoms with Gasteiger partial charge in [0.15, 0.2) is 0 Å². The van der Waals surface area contributed by atoms with E-state index in [4.69, 9.17) is 0 Å². The minimum Gasteiger partial charge on any atom is -0.316 e. The number of nitrogens with zero attached hydrogens (tertiary/aromatic N) is 1. The van der Waals surface area contributed by atoms with Crippen molar-refractivity contribution in [3.8, 4) is 0 Å². The Bertz CT molecular complexity index is 517. The molecule has 1 aromatic rings. The van der Waals surface area contributed by atoms with Crippen molar-refractivity contribution in [2.24, 2.45) is 0 Å². The third kappa shape index (κ3) is 1.43. The molecular formula is C15H18N2O. The number of hydrogen-bond acceptors (Lipinski definition) is 2. The topological polar surface area (TPSA) is 32.3 Å². The molecule has 1 amide bonds. The van der Waals surface area contributed by atoms with Gasteiger partial charge in [0.25, 0.3) is 0 Å². The van der Waals surface area contributed by atoms with Crippen LogP contribution in [0.2, 0.25) is 0 Å².